The van der Waals surface area contributed by atoms with Crippen molar-refractivity contribution in [1.82, 2.24) is 9.97 Å². The Morgan fingerprint density at radius 2 is 2.09 bits per heavy atom. The van der Waals surface area contributed by atoms with Crippen molar-refractivity contribution < 1.29 is 0 Å². The largest absolute Gasteiger partial charge is 0.355 e. The molecule has 118 valence electrons. The van der Waals surface area contributed by atoms with Crippen LogP contribution >= 0.6 is 11.6 Å². The lowest BCUT2D eigenvalue weighted by atomic mass is 9.93. The lowest BCUT2D eigenvalue weighted by Crippen LogP contribution is -2.34. The van der Waals surface area contributed by atoms with Crippen LogP contribution in [-0.4, -0.2) is 16.5 Å². The number of pyridine rings is 1. The summed E-state index contributed by atoms with van der Waals surface area (Å²) in [5, 5.41) is 2.06. The number of H-pyrrole nitrogens is 1. The average Bonchev–Trinajstić information content (AvgIpc) is 2.84. The van der Waals surface area contributed by atoms with Crippen molar-refractivity contribution in [2.24, 2.45) is 0 Å². The van der Waals surface area contributed by atoms with Crippen molar-refractivity contribution in [2.45, 2.75) is 33.2 Å². The quantitative estimate of drug-likeness (QED) is 0.686. The van der Waals surface area contributed by atoms with Gasteiger partial charge in [0.05, 0.1) is 11.6 Å². The van der Waals surface area contributed by atoms with Gasteiger partial charge in [0.1, 0.15) is 0 Å². The summed E-state index contributed by atoms with van der Waals surface area (Å²) >= 11 is 6.21. The van der Waals surface area contributed by atoms with Crippen LogP contribution in [0.2, 0.25) is 5.02 Å². The maximum absolute atomic E-state index is 6.21. The number of benzene rings is 1. The number of fused-ring (bicyclic) bond motifs is 2. The number of hydrogen-bond donors (Lipinski definition) is 1. The SMILES string of the molecule is Cc1[nH]c2c(N3CCc4ccc(Cl)cc4C3C)nccc2c1C. The summed E-state index contributed by atoms with van der Waals surface area (Å²) in [6.07, 6.45) is 2.94. The van der Waals surface area contributed by atoms with E-state index in [0.717, 1.165) is 29.3 Å². The van der Waals surface area contributed by atoms with Crippen LogP contribution in [0.1, 0.15) is 35.3 Å². The molecular weight excluding hydrogens is 306 g/mol. The highest BCUT2D eigenvalue weighted by molar-refractivity contribution is 6.30. The lowest BCUT2D eigenvalue weighted by Gasteiger charge is -2.36. The molecule has 1 aliphatic rings. The Hall–Kier alpha value is -2.00. The van der Waals surface area contributed by atoms with Crippen LogP contribution in [0.3, 0.4) is 0 Å². The smallest absolute Gasteiger partial charge is 0.153 e. The number of halogens is 1. The summed E-state index contributed by atoms with van der Waals surface area (Å²) < 4.78 is 0. The number of rotatable bonds is 1. The summed E-state index contributed by atoms with van der Waals surface area (Å²) in [4.78, 5) is 10.6. The summed E-state index contributed by atoms with van der Waals surface area (Å²) in [5.41, 5.74) is 6.35. The van der Waals surface area contributed by atoms with Crippen LogP contribution in [0.4, 0.5) is 5.82 Å². The molecule has 3 aromatic rings. The molecule has 0 saturated heterocycles. The van der Waals surface area contributed by atoms with E-state index in [4.69, 9.17) is 16.6 Å². The number of aryl methyl sites for hydroxylation is 2. The Balaban J connectivity index is 1.84. The van der Waals surface area contributed by atoms with Crippen LogP contribution in [0, 0.1) is 13.8 Å². The number of nitrogens with zero attached hydrogens (tertiary/aromatic N) is 2. The third-order valence-corrected chi connectivity index (χ3v) is 5.36. The van der Waals surface area contributed by atoms with Crippen LogP contribution in [0.15, 0.2) is 30.5 Å². The predicted octanol–water partition coefficient (Wildman–Crippen LogP) is 4.96. The molecule has 0 bridgehead atoms. The highest BCUT2D eigenvalue weighted by atomic mass is 35.5. The summed E-state index contributed by atoms with van der Waals surface area (Å²) in [7, 11) is 0. The van der Waals surface area contributed by atoms with Gasteiger partial charge >= 0.3 is 0 Å². The number of hydrogen-bond acceptors (Lipinski definition) is 2. The van der Waals surface area contributed by atoms with Crippen LogP contribution in [0.25, 0.3) is 10.9 Å². The van der Waals surface area contributed by atoms with Crippen molar-refractivity contribution in [3.05, 3.63) is 57.9 Å². The molecule has 1 aliphatic heterocycles. The maximum Gasteiger partial charge on any atom is 0.153 e. The van der Waals surface area contributed by atoms with Gasteiger partial charge in [-0.15, -0.1) is 0 Å². The van der Waals surface area contributed by atoms with Crippen molar-refractivity contribution in [3.8, 4) is 0 Å². The Labute approximate surface area is 141 Å². The second-order valence-corrected chi connectivity index (χ2v) is 6.83. The second-order valence-electron chi connectivity index (χ2n) is 6.39. The average molecular weight is 326 g/mol. The van der Waals surface area contributed by atoms with Crippen molar-refractivity contribution >= 4 is 28.3 Å². The summed E-state index contributed by atoms with van der Waals surface area (Å²) in [6, 6.07) is 8.59. The molecule has 3 nitrogen and oxygen atoms in total. The molecular formula is C19H20ClN3. The van der Waals surface area contributed by atoms with Gasteiger partial charge < -0.3 is 9.88 Å². The lowest BCUT2D eigenvalue weighted by molar-refractivity contribution is 0.619. The fourth-order valence-electron chi connectivity index (χ4n) is 3.66. The van der Waals surface area contributed by atoms with E-state index >= 15 is 0 Å². The summed E-state index contributed by atoms with van der Waals surface area (Å²) in [5.74, 6) is 1.04. The molecule has 1 atom stereocenters. The molecule has 2 aromatic heterocycles. The molecule has 0 saturated carbocycles. The summed E-state index contributed by atoms with van der Waals surface area (Å²) in [6.45, 7) is 7.48. The molecule has 0 fully saturated rings. The number of aromatic nitrogens is 2. The van der Waals surface area contributed by atoms with E-state index in [-0.39, 0.29) is 6.04 Å². The molecule has 1 aromatic carbocycles. The number of aromatic amines is 1. The third-order valence-electron chi connectivity index (χ3n) is 5.13. The Morgan fingerprint density at radius 1 is 1.26 bits per heavy atom. The van der Waals surface area contributed by atoms with E-state index in [1.165, 1.54) is 27.8 Å². The van der Waals surface area contributed by atoms with Crippen LogP contribution in [0.5, 0.6) is 0 Å². The van der Waals surface area contributed by atoms with Gasteiger partial charge in [0.15, 0.2) is 5.82 Å². The first kappa shape index (κ1) is 14.6. The minimum absolute atomic E-state index is 0.263. The zero-order valence-electron chi connectivity index (χ0n) is 13.7. The van der Waals surface area contributed by atoms with Gasteiger partial charge in [0.2, 0.25) is 0 Å². The van der Waals surface area contributed by atoms with E-state index < -0.39 is 0 Å². The van der Waals surface area contributed by atoms with E-state index in [1.807, 2.05) is 12.3 Å². The first-order valence-electron chi connectivity index (χ1n) is 8.05. The number of anilines is 1. The molecule has 3 heterocycles. The van der Waals surface area contributed by atoms with Gasteiger partial charge in [-0.1, -0.05) is 17.7 Å². The van der Waals surface area contributed by atoms with E-state index in [2.05, 4.69) is 48.9 Å². The highest BCUT2D eigenvalue weighted by Gasteiger charge is 2.27. The van der Waals surface area contributed by atoms with Crippen molar-refractivity contribution in [3.63, 3.8) is 0 Å². The molecule has 0 amide bonds. The van der Waals surface area contributed by atoms with Crippen molar-refractivity contribution in [2.75, 3.05) is 11.4 Å². The molecule has 4 rings (SSSR count). The second kappa shape index (κ2) is 5.27. The standard InChI is InChI=1S/C19H20ClN3/c1-11-12(2)22-18-16(11)6-8-21-19(18)23-9-7-14-4-5-15(20)10-17(14)13(23)3/h4-6,8,10,13,22H,7,9H2,1-3H3. The third kappa shape index (κ3) is 2.22. The zero-order chi connectivity index (χ0) is 16.1. The Bertz CT molecular complexity index is 897. The van der Waals surface area contributed by atoms with Gasteiger partial charge in [0, 0.05) is 28.8 Å². The maximum atomic E-state index is 6.21. The fourth-order valence-corrected chi connectivity index (χ4v) is 3.84. The first-order chi connectivity index (χ1) is 11.1. The predicted molar refractivity (Wildman–Crippen MR) is 96.5 cm³/mol. The molecule has 0 aliphatic carbocycles. The molecule has 4 heteroatoms. The molecule has 1 N–H and O–H groups in total. The minimum atomic E-state index is 0.263. The molecule has 1 unspecified atom stereocenters. The van der Waals surface area contributed by atoms with Gasteiger partial charge in [-0.3, -0.25) is 0 Å². The monoisotopic (exact) mass is 325 g/mol. The van der Waals surface area contributed by atoms with E-state index in [9.17, 15) is 0 Å². The van der Waals surface area contributed by atoms with Gasteiger partial charge in [-0.05, 0) is 62.1 Å². The molecule has 0 spiro atoms. The fraction of sp³-hybridized carbons (Fsp3) is 0.316. The zero-order valence-corrected chi connectivity index (χ0v) is 14.4. The topological polar surface area (TPSA) is 31.9 Å². The number of nitrogens with one attached hydrogen (secondary N) is 1. The normalized spacial score (nSPS) is 17.6. The Morgan fingerprint density at radius 3 is 2.91 bits per heavy atom. The van der Waals surface area contributed by atoms with E-state index in [1.54, 1.807) is 0 Å². The highest BCUT2D eigenvalue weighted by Crippen LogP contribution is 2.37. The first-order valence-corrected chi connectivity index (χ1v) is 8.43. The van der Waals surface area contributed by atoms with Crippen LogP contribution in [-0.2, 0) is 6.42 Å². The minimum Gasteiger partial charge on any atom is -0.355 e. The molecule has 23 heavy (non-hydrogen) atoms. The Kier molecular flexibility index (Phi) is 3.34. The van der Waals surface area contributed by atoms with Gasteiger partial charge in [-0.25, -0.2) is 4.98 Å². The van der Waals surface area contributed by atoms with Gasteiger partial charge in [0.25, 0.3) is 0 Å². The molecule has 0 radical (unpaired) electrons. The van der Waals surface area contributed by atoms with Crippen LogP contribution < -0.4 is 4.90 Å². The van der Waals surface area contributed by atoms with Crippen molar-refractivity contribution in [1.29, 1.82) is 0 Å². The van der Waals surface area contributed by atoms with E-state index in [0.29, 0.717) is 0 Å². The van der Waals surface area contributed by atoms with Gasteiger partial charge in [-0.2, -0.15) is 0 Å².